The largest absolute Gasteiger partial charge is 0.490 e. The topological polar surface area (TPSA) is 185 Å². The number of nitrogens with two attached hydrogens (primary N) is 3. The number of unbranched alkanes of at least 4 members (excludes halogenated alkanes) is 1. The molecule has 0 bridgehead atoms. The van der Waals surface area contributed by atoms with Crippen LogP contribution in [0.25, 0.3) is 33.4 Å². The third kappa shape index (κ3) is 4.85. The summed E-state index contributed by atoms with van der Waals surface area (Å²) in [5.74, 6) is -2.36. The molecule has 0 saturated carbocycles. The highest BCUT2D eigenvalue weighted by atomic mass is 19.4. The number of benzene rings is 1. The highest BCUT2D eigenvalue weighted by Gasteiger charge is 2.38. The number of nitrogens with zero attached hydrogens (tertiary/aromatic N) is 5. The van der Waals surface area contributed by atoms with Crippen LogP contribution in [0.3, 0.4) is 0 Å². The minimum absolute atomic E-state index is 0.132. The molecule has 0 fully saturated rings. The summed E-state index contributed by atoms with van der Waals surface area (Å²) in [7, 11) is 0. The van der Waals surface area contributed by atoms with Gasteiger partial charge in [0.25, 0.3) is 6.01 Å². The van der Waals surface area contributed by atoms with Crippen LogP contribution < -0.4 is 17.2 Å². The molecule has 0 amide bonds. The number of carboxylic acid groups (broad SMARTS) is 1. The van der Waals surface area contributed by atoms with Crippen LogP contribution in [0.4, 0.5) is 25.0 Å². The van der Waals surface area contributed by atoms with Gasteiger partial charge in [0.15, 0.2) is 11.2 Å². The number of fused-ring (bicyclic) bond motifs is 2. The summed E-state index contributed by atoms with van der Waals surface area (Å²) < 4.78 is 38.9. The van der Waals surface area contributed by atoms with Crippen molar-refractivity contribution in [1.82, 2.24) is 24.7 Å². The fraction of sp³-hybridized carbons (Fsp3) is 0.278. The van der Waals surface area contributed by atoms with Crippen molar-refractivity contribution in [2.75, 3.05) is 18.0 Å². The zero-order valence-electron chi connectivity index (χ0n) is 16.5. The molecule has 32 heavy (non-hydrogen) atoms. The van der Waals surface area contributed by atoms with E-state index in [4.69, 9.17) is 36.6 Å². The molecule has 1 aromatic carbocycles. The molecule has 4 rings (SSSR count). The number of halogens is 3. The van der Waals surface area contributed by atoms with Crippen molar-refractivity contribution in [3.8, 4) is 11.3 Å². The number of hydrogen-bond donors (Lipinski definition) is 4. The molecule has 0 saturated heterocycles. The van der Waals surface area contributed by atoms with Gasteiger partial charge < -0.3 is 26.7 Å². The van der Waals surface area contributed by atoms with Crippen molar-refractivity contribution >= 4 is 39.9 Å². The van der Waals surface area contributed by atoms with Crippen LogP contribution in [-0.4, -0.2) is 48.5 Å². The number of carbonyl (C=O) groups is 1. The number of oxazole rings is 1. The monoisotopic (exact) mass is 452 g/mol. The molecule has 170 valence electrons. The highest BCUT2D eigenvalue weighted by Crippen LogP contribution is 2.32. The van der Waals surface area contributed by atoms with Crippen molar-refractivity contribution in [3.05, 3.63) is 24.5 Å². The molecule has 0 atom stereocenters. The van der Waals surface area contributed by atoms with Gasteiger partial charge in [-0.3, -0.25) is 0 Å². The third-order valence-electron chi connectivity index (χ3n) is 4.30. The van der Waals surface area contributed by atoms with E-state index in [0.29, 0.717) is 41.3 Å². The predicted molar refractivity (Wildman–Crippen MR) is 109 cm³/mol. The Hall–Kier alpha value is -3.94. The van der Waals surface area contributed by atoms with Crippen molar-refractivity contribution in [2.45, 2.75) is 25.6 Å². The van der Waals surface area contributed by atoms with Gasteiger partial charge in [-0.15, -0.1) is 0 Å². The second-order valence-electron chi connectivity index (χ2n) is 6.56. The minimum Gasteiger partial charge on any atom is -0.475 e. The highest BCUT2D eigenvalue weighted by molar-refractivity contribution is 5.99. The standard InChI is InChI=1S/C16H18N8O.C2HF3O2/c17-5-1-2-6-24-15-12(14(18)20-8-21-15)13(23-24)9-3-4-11-10(7-9)22-16(19)25-11;3-2(4,5)1(6)7/h3-4,7-8H,1-2,5-6,17H2,(H2,19,22)(H2,18,20,21);(H,6,7). The maximum Gasteiger partial charge on any atom is 0.490 e. The second-order valence-corrected chi connectivity index (χ2v) is 6.56. The Morgan fingerprint density at radius 3 is 2.56 bits per heavy atom. The lowest BCUT2D eigenvalue weighted by molar-refractivity contribution is -0.192. The van der Waals surface area contributed by atoms with Crippen LogP contribution in [0.15, 0.2) is 28.9 Å². The van der Waals surface area contributed by atoms with Gasteiger partial charge in [-0.25, -0.2) is 19.4 Å². The first kappa shape index (κ1) is 22.7. The van der Waals surface area contributed by atoms with Gasteiger partial charge in [-0.1, -0.05) is 0 Å². The van der Waals surface area contributed by atoms with Crippen LogP contribution >= 0.6 is 0 Å². The van der Waals surface area contributed by atoms with Crippen LogP contribution in [0, 0.1) is 0 Å². The zero-order chi connectivity index (χ0) is 23.5. The molecule has 0 unspecified atom stereocenters. The third-order valence-corrected chi connectivity index (χ3v) is 4.30. The number of aliphatic carboxylic acids is 1. The number of alkyl halides is 3. The van der Waals surface area contributed by atoms with Gasteiger partial charge in [-0.2, -0.15) is 23.3 Å². The number of hydrogen-bond acceptors (Lipinski definition) is 9. The fourth-order valence-corrected chi connectivity index (χ4v) is 2.89. The van der Waals surface area contributed by atoms with Crippen molar-refractivity contribution < 1.29 is 27.5 Å². The van der Waals surface area contributed by atoms with Gasteiger partial charge in [0.05, 0.1) is 5.39 Å². The summed E-state index contributed by atoms with van der Waals surface area (Å²) in [5.41, 5.74) is 20.9. The number of aryl methyl sites for hydroxylation is 1. The molecule has 0 aliphatic carbocycles. The molecule has 11 nitrogen and oxygen atoms in total. The first-order valence-electron chi connectivity index (χ1n) is 9.25. The second kappa shape index (κ2) is 9.05. The van der Waals surface area contributed by atoms with Crippen molar-refractivity contribution in [3.63, 3.8) is 0 Å². The van der Waals surface area contributed by atoms with E-state index in [0.717, 1.165) is 23.8 Å². The maximum absolute atomic E-state index is 10.6. The van der Waals surface area contributed by atoms with E-state index in [9.17, 15) is 13.2 Å². The molecule has 4 aromatic rings. The number of nitrogen functional groups attached to an aromatic ring is 2. The normalized spacial score (nSPS) is 11.5. The molecule has 0 aliphatic rings. The molecule has 0 aliphatic heterocycles. The van der Waals surface area contributed by atoms with E-state index in [1.807, 2.05) is 22.9 Å². The molecule has 0 spiro atoms. The van der Waals surface area contributed by atoms with E-state index in [1.54, 1.807) is 0 Å². The minimum atomic E-state index is -5.08. The quantitative estimate of drug-likeness (QED) is 0.327. The van der Waals surface area contributed by atoms with E-state index in [-0.39, 0.29) is 6.01 Å². The predicted octanol–water partition coefficient (Wildman–Crippen LogP) is 2.17. The summed E-state index contributed by atoms with van der Waals surface area (Å²) in [5, 5.41) is 12.6. The Labute approximate surface area is 178 Å². The van der Waals surface area contributed by atoms with E-state index < -0.39 is 12.1 Å². The average Bonchev–Trinajstić information content (AvgIpc) is 3.28. The van der Waals surface area contributed by atoms with E-state index in [2.05, 4.69) is 15.0 Å². The molecule has 3 aromatic heterocycles. The number of anilines is 2. The van der Waals surface area contributed by atoms with Gasteiger partial charge in [0, 0.05) is 12.1 Å². The lowest BCUT2D eigenvalue weighted by atomic mass is 10.1. The molecule has 0 radical (unpaired) electrons. The van der Waals surface area contributed by atoms with Crippen LogP contribution in [0.2, 0.25) is 0 Å². The summed E-state index contributed by atoms with van der Waals surface area (Å²) in [4.78, 5) is 21.5. The number of carboxylic acids is 1. The smallest absolute Gasteiger partial charge is 0.475 e. The van der Waals surface area contributed by atoms with E-state index >= 15 is 0 Å². The first-order valence-corrected chi connectivity index (χ1v) is 9.25. The Balaban J connectivity index is 0.000000360. The summed E-state index contributed by atoms with van der Waals surface area (Å²) in [6, 6.07) is 5.71. The lowest BCUT2D eigenvalue weighted by Gasteiger charge is -2.01. The molecular weight excluding hydrogens is 433 g/mol. The zero-order valence-corrected chi connectivity index (χ0v) is 16.5. The van der Waals surface area contributed by atoms with Crippen LogP contribution in [-0.2, 0) is 11.3 Å². The maximum atomic E-state index is 10.6. The SMILES string of the molecule is NCCCCn1nc(-c2ccc3oc(N)nc3c2)c2c(N)ncnc21.O=C(O)C(F)(F)F. The average molecular weight is 452 g/mol. The lowest BCUT2D eigenvalue weighted by Crippen LogP contribution is -2.21. The van der Waals surface area contributed by atoms with Gasteiger partial charge in [0.1, 0.15) is 23.4 Å². The first-order chi connectivity index (χ1) is 15.1. The van der Waals surface area contributed by atoms with Gasteiger partial charge >= 0.3 is 12.1 Å². The van der Waals surface area contributed by atoms with Crippen molar-refractivity contribution in [2.24, 2.45) is 5.73 Å². The Morgan fingerprint density at radius 1 is 1.19 bits per heavy atom. The molecular formula is C18H19F3N8O3. The van der Waals surface area contributed by atoms with E-state index in [1.165, 1.54) is 6.33 Å². The summed E-state index contributed by atoms with van der Waals surface area (Å²) in [6.07, 6.45) is -1.80. The number of rotatable bonds is 5. The van der Waals surface area contributed by atoms with Gasteiger partial charge in [-0.05, 0) is 37.6 Å². The number of aromatic nitrogens is 5. The molecule has 7 N–H and O–H groups in total. The molecule has 3 heterocycles. The fourth-order valence-electron chi connectivity index (χ4n) is 2.89. The summed E-state index contributed by atoms with van der Waals surface area (Å²) >= 11 is 0. The summed E-state index contributed by atoms with van der Waals surface area (Å²) in [6.45, 7) is 1.36. The molecule has 14 heteroatoms. The van der Waals surface area contributed by atoms with Crippen molar-refractivity contribution in [1.29, 1.82) is 0 Å². The Morgan fingerprint density at radius 2 is 1.91 bits per heavy atom. The Bertz CT molecular complexity index is 1250. The van der Waals surface area contributed by atoms with Crippen LogP contribution in [0.1, 0.15) is 12.8 Å². The van der Waals surface area contributed by atoms with Gasteiger partial charge in [0.2, 0.25) is 0 Å². The van der Waals surface area contributed by atoms with Crippen LogP contribution in [0.5, 0.6) is 0 Å². The Kier molecular flexibility index (Phi) is 6.43.